The lowest BCUT2D eigenvalue weighted by Gasteiger charge is -2.21. The van der Waals surface area contributed by atoms with E-state index in [1.807, 2.05) is 0 Å². The number of anilines is 1. The van der Waals surface area contributed by atoms with Crippen molar-refractivity contribution in [2.75, 3.05) is 19.0 Å². The Balaban J connectivity index is 1.65. The summed E-state index contributed by atoms with van der Waals surface area (Å²) in [6.07, 6.45) is -2.65. The maximum Gasteiger partial charge on any atom is 0.436 e. The molecule has 46 heavy (non-hydrogen) atoms. The Labute approximate surface area is 264 Å². The Kier molecular flexibility index (Phi) is 9.87. The van der Waals surface area contributed by atoms with Crippen LogP contribution in [0.5, 0.6) is 5.75 Å². The van der Waals surface area contributed by atoms with Gasteiger partial charge in [-0.3, -0.25) is 19.0 Å². The second-order valence-electron chi connectivity index (χ2n) is 10.8. The van der Waals surface area contributed by atoms with Crippen molar-refractivity contribution in [3.63, 3.8) is 0 Å². The number of alkyl halides is 3. The highest BCUT2D eigenvalue weighted by Crippen LogP contribution is 2.36. The summed E-state index contributed by atoms with van der Waals surface area (Å²) in [4.78, 5) is 39.0. The molecule has 0 aliphatic carbocycles. The number of halogens is 5. The van der Waals surface area contributed by atoms with Gasteiger partial charge in [0.15, 0.2) is 5.69 Å². The van der Waals surface area contributed by atoms with Gasteiger partial charge in [0.1, 0.15) is 17.6 Å². The number of rotatable bonds is 10. The molecule has 0 bridgehead atoms. The Morgan fingerprint density at radius 1 is 1.09 bits per heavy atom. The van der Waals surface area contributed by atoms with E-state index in [0.717, 1.165) is 21.4 Å². The molecule has 3 N–H and O–H groups in total. The number of ether oxygens (including phenoxy) is 1. The van der Waals surface area contributed by atoms with Crippen LogP contribution in [0.15, 0.2) is 59.7 Å². The summed E-state index contributed by atoms with van der Waals surface area (Å²) in [5, 5.41) is 21.7. The quantitative estimate of drug-likeness (QED) is 0.203. The Morgan fingerprint density at radius 3 is 2.39 bits per heavy atom. The van der Waals surface area contributed by atoms with Crippen LogP contribution < -0.4 is 20.9 Å². The van der Waals surface area contributed by atoms with Crippen LogP contribution in [0.1, 0.15) is 49.3 Å². The predicted octanol–water partition coefficient (Wildman–Crippen LogP) is 5.01. The van der Waals surface area contributed by atoms with Crippen molar-refractivity contribution in [3.05, 3.63) is 87.3 Å². The summed E-state index contributed by atoms with van der Waals surface area (Å²) in [6, 6.07) is 7.73. The molecule has 0 unspecified atom stereocenters. The van der Waals surface area contributed by atoms with Gasteiger partial charge < -0.3 is 20.5 Å². The van der Waals surface area contributed by atoms with Gasteiger partial charge in [0.25, 0.3) is 11.5 Å². The van der Waals surface area contributed by atoms with E-state index in [-0.39, 0.29) is 51.8 Å². The summed E-state index contributed by atoms with van der Waals surface area (Å²) in [5.74, 6) is -2.27. The van der Waals surface area contributed by atoms with Gasteiger partial charge in [0, 0.05) is 34.4 Å². The summed E-state index contributed by atoms with van der Waals surface area (Å²) in [6.45, 7) is 4.48. The van der Waals surface area contributed by atoms with Gasteiger partial charge in [0.2, 0.25) is 5.91 Å². The smallest absolute Gasteiger partial charge is 0.436 e. The molecule has 2 aromatic carbocycles. The molecule has 4 rings (SSSR count). The van der Waals surface area contributed by atoms with Crippen molar-refractivity contribution in [3.8, 4) is 22.6 Å². The number of carbonyl (C=O) groups is 2. The van der Waals surface area contributed by atoms with E-state index in [9.17, 15) is 37.1 Å². The molecule has 16 heteroatoms. The van der Waals surface area contributed by atoms with E-state index < -0.39 is 46.7 Å². The van der Waals surface area contributed by atoms with E-state index in [1.54, 1.807) is 6.92 Å². The van der Waals surface area contributed by atoms with Gasteiger partial charge in [-0.1, -0.05) is 23.7 Å². The molecule has 2 aromatic heterocycles. The zero-order valence-corrected chi connectivity index (χ0v) is 25.7. The molecule has 0 saturated heterocycles. The minimum absolute atomic E-state index is 0.0197. The number of benzene rings is 2. The Hall–Kier alpha value is -4.76. The van der Waals surface area contributed by atoms with Crippen molar-refractivity contribution < 1.29 is 37.0 Å². The van der Waals surface area contributed by atoms with Gasteiger partial charge in [0.05, 0.1) is 36.4 Å². The number of nitrogens with one attached hydrogen (secondary N) is 2. The number of amides is 2. The normalized spacial score (nSPS) is 12.5. The second-order valence-corrected chi connectivity index (χ2v) is 11.2. The van der Waals surface area contributed by atoms with E-state index >= 15 is 0 Å². The molecule has 0 saturated carbocycles. The number of aromatic nitrogens is 4. The van der Waals surface area contributed by atoms with Crippen LogP contribution in [0.3, 0.4) is 0 Å². The molecule has 2 amide bonds. The van der Waals surface area contributed by atoms with Gasteiger partial charge in [-0.25, -0.2) is 9.07 Å². The molecule has 244 valence electrons. The minimum atomic E-state index is -4.74. The van der Waals surface area contributed by atoms with E-state index in [1.165, 1.54) is 57.5 Å². The zero-order chi connectivity index (χ0) is 34.0. The lowest BCUT2D eigenvalue weighted by molar-refractivity contribution is -0.141. The lowest BCUT2D eigenvalue weighted by atomic mass is 10.0. The number of carbonyl (C=O) groups excluding carboxylic acids is 2. The van der Waals surface area contributed by atoms with Crippen LogP contribution in [-0.2, 0) is 11.0 Å². The highest BCUT2D eigenvalue weighted by atomic mass is 35.5. The molecule has 0 radical (unpaired) electrons. The molecule has 0 aliphatic rings. The topological polar surface area (TPSA) is 140 Å². The number of hydrogen-bond donors (Lipinski definition) is 3. The fraction of sp³-hybridized carbons (Fsp3) is 0.300. The molecule has 4 aromatic rings. The maximum absolute atomic E-state index is 14.8. The summed E-state index contributed by atoms with van der Waals surface area (Å²) in [7, 11) is 1.30. The third kappa shape index (κ3) is 7.72. The average Bonchev–Trinajstić information content (AvgIpc) is 3.48. The number of hydrogen-bond acceptors (Lipinski definition) is 7. The fourth-order valence-corrected chi connectivity index (χ4v) is 4.66. The average molecular weight is 665 g/mol. The largest absolute Gasteiger partial charge is 0.495 e. The first-order valence-electron chi connectivity index (χ1n) is 13.7. The highest BCUT2D eigenvalue weighted by Gasteiger charge is 2.35. The van der Waals surface area contributed by atoms with Gasteiger partial charge in [-0.2, -0.15) is 13.2 Å². The standard InChI is InChI=1S/C30H29ClF4N6O5/c1-5-22(28(44)37-17-7-8-18(21(32)11-17)27(43)36-15-29(2,3)45)40-13-24(46-4)20(12-26(40)42)19-10-16(31)6-9-23(19)41-14-25(38-39-41)30(33,34)35/h6-14,22,45H,5,15H2,1-4H3,(H,36,43)(H,37,44)/t22-/m0/s1. The molecule has 11 nitrogen and oxygen atoms in total. The van der Waals surface area contributed by atoms with Crippen molar-refractivity contribution in [2.24, 2.45) is 0 Å². The van der Waals surface area contributed by atoms with Crippen LogP contribution >= 0.6 is 11.6 Å². The van der Waals surface area contributed by atoms with Crippen LogP contribution in [-0.4, -0.2) is 55.7 Å². The summed E-state index contributed by atoms with van der Waals surface area (Å²) in [5.41, 5.74) is -2.90. The van der Waals surface area contributed by atoms with Gasteiger partial charge >= 0.3 is 6.18 Å². The van der Waals surface area contributed by atoms with Crippen molar-refractivity contribution in [1.29, 1.82) is 0 Å². The summed E-state index contributed by atoms with van der Waals surface area (Å²) >= 11 is 6.20. The van der Waals surface area contributed by atoms with Crippen LogP contribution in [0.2, 0.25) is 5.02 Å². The molecule has 2 heterocycles. The van der Waals surface area contributed by atoms with Crippen molar-refractivity contribution in [2.45, 2.75) is 45.0 Å². The fourth-order valence-electron chi connectivity index (χ4n) is 4.48. The SMILES string of the molecule is CC[C@@H](C(=O)Nc1ccc(C(=O)NCC(C)(C)O)c(F)c1)n1cc(OC)c(-c2cc(Cl)ccc2-n2cc(C(F)(F)F)nn2)cc1=O. The number of methoxy groups -OCH3 is 1. The molecule has 0 spiro atoms. The minimum Gasteiger partial charge on any atom is -0.495 e. The first-order valence-corrected chi connectivity index (χ1v) is 14.1. The number of pyridine rings is 1. The molecular weight excluding hydrogens is 636 g/mol. The van der Waals surface area contributed by atoms with Crippen LogP contribution in [0.25, 0.3) is 16.8 Å². The maximum atomic E-state index is 14.8. The third-order valence-electron chi connectivity index (χ3n) is 6.73. The van der Waals surface area contributed by atoms with Crippen LogP contribution in [0, 0.1) is 5.82 Å². The lowest BCUT2D eigenvalue weighted by Crippen LogP contribution is -2.38. The first kappa shape index (κ1) is 34.1. The van der Waals surface area contributed by atoms with Gasteiger partial charge in [-0.05, 0) is 56.7 Å². The predicted molar refractivity (Wildman–Crippen MR) is 161 cm³/mol. The zero-order valence-electron chi connectivity index (χ0n) is 24.9. The number of aliphatic hydroxyl groups is 1. The second kappa shape index (κ2) is 13.3. The highest BCUT2D eigenvalue weighted by molar-refractivity contribution is 6.31. The van der Waals surface area contributed by atoms with E-state index in [2.05, 4.69) is 20.9 Å². The van der Waals surface area contributed by atoms with Crippen molar-refractivity contribution in [1.82, 2.24) is 24.9 Å². The van der Waals surface area contributed by atoms with Crippen LogP contribution in [0.4, 0.5) is 23.2 Å². The summed E-state index contributed by atoms with van der Waals surface area (Å²) < 4.78 is 61.8. The monoisotopic (exact) mass is 664 g/mol. The first-order chi connectivity index (χ1) is 21.5. The van der Waals surface area contributed by atoms with Gasteiger partial charge in [-0.15, -0.1) is 5.10 Å². The molecule has 1 atom stereocenters. The Bertz CT molecular complexity index is 1830. The molecule has 0 aliphatic heterocycles. The van der Waals surface area contributed by atoms with Crippen molar-refractivity contribution >= 4 is 29.1 Å². The Morgan fingerprint density at radius 2 is 1.80 bits per heavy atom. The molecular formula is C30H29ClF4N6O5. The molecule has 0 fully saturated rings. The number of nitrogens with zero attached hydrogens (tertiary/aromatic N) is 4. The van der Waals surface area contributed by atoms with E-state index in [4.69, 9.17) is 16.3 Å². The third-order valence-corrected chi connectivity index (χ3v) is 6.97. The van der Waals surface area contributed by atoms with E-state index in [0.29, 0.717) is 6.20 Å².